The molecule has 0 atom stereocenters. The zero-order valence-electron chi connectivity index (χ0n) is 14.7. The molecule has 1 amide bonds. The second kappa shape index (κ2) is 9.03. The lowest BCUT2D eigenvalue weighted by atomic mass is 9.98. The Morgan fingerprint density at radius 2 is 2.04 bits per heavy atom. The Hall–Kier alpha value is -3.08. The van der Waals surface area contributed by atoms with Crippen molar-refractivity contribution in [3.8, 4) is 5.75 Å². The first-order valence-corrected chi connectivity index (χ1v) is 9.01. The molecular formula is C16H19N5O5S. The van der Waals surface area contributed by atoms with E-state index in [0.29, 0.717) is 22.9 Å². The molecule has 10 nitrogen and oxygen atoms in total. The summed E-state index contributed by atoms with van der Waals surface area (Å²) in [5.74, 6) is -2.51. The Labute approximate surface area is 158 Å². The number of rotatable bonds is 8. The van der Waals surface area contributed by atoms with Crippen LogP contribution in [0.4, 0.5) is 5.95 Å². The summed E-state index contributed by atoms with van der Waals surface area (Å²) in [6, 6.07) is 3.40. The average molecular weight is 393 g/mol. The monoisotopic (exact) mass is 393 g/mol. The maximum Gasteiger partial charge on any atom is 0.396 e. The molecule has 2 rings (SSSR count). The summed E-state index contributed by atoms with van der Waals surface area (Å²) in [6.45, 7) is 3.39. The molecule has 0 unspecified atom stereocenters. The standard InChI is InChI=1S/C16H19N5O5S/c1-3-4-11-9(5-6-10(8(2)22)12(11)23)7-27-16-17-15(20-21-16)19-18-13(24)14(25)26/h5-6,23H,3-4,7H2,1-2H3,(H,18,24)(H,25,26)(H2,17,19,20,21). The first kappa shape index (κ1) is 20.2. The Kier molecular flexibility index (Phi) is 6.77. The summed E-state index contributed by atoms with van der Waals surface area (Å²) in [5, 5.41) is 25.7. The van der Waals surface area contributed by atoms with Crippen LogP contribution in [-0.4, -0.2) is 43.1 Å². The minimum Gasteiger partial charge on any atom is -0.507 e. The third kappa shape index (κ3) is 5.20. The summed E-state index contributed by atoms with van der Waals surface area (Å²) in [6.07, 6.45) is 1.44. The van der Waals surface area contributed by atoms with Crippen molar-refractivity contribution < 1.29 is 24.6 Å². The number of thioether (sulfide) groups is 1. The van der Waals surface area contributed by atoms with Gasteiger partial charge in [-0.25, -0.2) is 9.89 Å². The van der Waals surface area contributed by atoms with Gasteiger partial charge in [0.15, 0.2) is 5.78 Å². The highest BCUT2D eigenvalue weighted by atomic mass is 32.2. The summed E-state index contributed by atoms with van der Waals surface area (Å²) >= 11 is 1.28. The van der Waals surface area contributed by atoms with Gasteiger partial charge in [-0.2, -0.15) is 4.98 Å². The van der Waals surface area contributed by atoms with Crippen LogP contribution < -0.4 is 10.9 Å². The number of hydrogen-bond acceptors (Lipinski definition) is 8. The van der Waals surface area contributed by atoms with E-state index in [2.05, 4.69) is 20.6 Å². The molecule has 1 heterocycles. The molecule has 2 aromatic rings. The van der Waals surface area contributed by atoms with Crippen molar-refractivity contribution >= 4 is 35.4 Å². The zero-order chi connectivity index (χ0) is 20.0. The number of anilines is 1. The van der Waals surface area contributed by atoms with Gasteiger partial charge in [-0.15, -0.1) is 5.10 Å². The van der Waals surface area contributed by atoms with Crippen molar-refractivity contribution in [2.45, 2.75) is 37.6 Å². The summed E-state index contributed by atoms with van der Waals surface area (Å²) in [5.41, 5.74) is 6.13. The van der Waals surface area contributed by atoms with Gasteiger partial charge in [0.1, 0.15) is 5.75 Å². The number of hydrazine groups is 1. The molecule has 1 aromatic carbocycles. The minimum atomic E-state index is -1.63. The number of phenols is 1. The molecular weight excluding hydrogens is 374 g/mol. The normalized spacial score (nSPS) is 10.4. The number of carboxylic acid groups (broad SMARTS) is 1. The van der Waals surface area contributed by atoms with Gasteiger partial charge < -0.3 is 10.2 Å². The second-order valence-corrected chi connectivity index (χ2v) is 6.49. The molecule has 0 spiro atoms. The number of carboxylic acids is 1. The van der Waals surface area contributed by atoms with Crippen LogP contribution in [0.25, 0.3) is 0 Å². The number of aromatic hydroxyl groups is 1. The van der Waals surface area contributed by atoms with Crippen LogP contribution in [0.1, 0.15) is 41.8 Å². The number of nitrogens with one attached hydrogen (secondary N) is 3. The predicted molar refractivity (Wildman–Crippen MR) is 97.5 cm³/mol. The van der Waals surface area contributed by atoms with Gasteiger partial charge in [-0.05, 0) is 30.5 Å². The van der Waals surface area contributed by atoms with E-state index >= 15 is 0 Å². The van der Waals surface area contributed by atoms with Gasteiger partial charge in [-0.3, -0.25) is 20.4 Å². The Morgan fingerprint density at radius 3 is 2.67 bits per heavy atom. The van der Waals surface area contributed by atoms with Crippen LogP contribution >= 0.6 is 11.8 Å². The number of ketones is 1. The number of carbonyl (C=O) groups excluding carboxylic acids is 2. The topological polar surface area (TPSA) is 157 Å². The number of amides is 1. The number of phenolic OH excluding ortho intramolecular Hbond substituents is 1. The Balaban J connectivity index is 2.06. The van der Waals surface area contributed by atoms with Crippen molar-refractivity contribution in [3.05, 3.63) is 28.8 Å². The van der Waals surface area contributed by atoms with Crippen LogP contribution in [0, 0.1) is 0 Å². The van der Waals surface area contributed by atoms with Crippen LogP contribution in [0.15, 0.2) is 17.3 Å². The van der Waals surface area contributed by atoms with E-state index in [1.165, 1.54) is 18.7 Å². The lowest BCUT2D eigenvalue weighted by Crippen LogP contribution is -2.35. The van der Waals surface area contributed by atoms with Crippen molar-refractivity contribution in [2.24, 2.45) is 0 Å². The molecule has 0 saturated carbocycles. The molecule has 0 saturated heterocycles. The van der Waals surface area contributed by atoms with Gasteiger partial charge in [-0.1, -0.05) is 31.2 Å². The van der Waals surface area contributed by atoms with Gasteiger partial charge in [0.2, 0.25) is 11.1 Å². The van der Waals surface area contributed by atoms with Crippen molar-refractivity contribution in [2.75, 3.05) is 5.43 Å². The third-order valence-electron chi connectivity index (χ3n) is 3.57. The van der Waals surface area contributed by atoms with Crippen molar-refractivity contribution in [1.29, 1.82) is 0 Å². The second-order valence-electron chi connectivity index (χ2n) is 5.55. The fourth-order valence-corrected chi connectivity index (χ4v) is 3.13. The van der Waals surface area contributed by atoms with E-state index in [-0.39, 0.29) is 17.5 Å². The number of hydrogen-bond donors (Lipinski definition) is 5. The zero-order valence-corrected chi connectivity index (χ0v) is 15.5. The number of nitrogens with zero attached hydrogens (tertiary/aromatic N) is 2. The maximum atomic E-state index is 11.6. The molecule has 11 heteroatoms. The quantitative estimate of drug-likeness (QED) is 0.194. The fourth-order valence-electron chi connectivity index (χ4n) is 2.30. The average Bonchev–Trinajstić information content (AvgIpc) is 3.07. The van der Waals surface area contributed by atoms with Gasteiger partial charge in [0.25, 0.3) is 0 Å². The largest absolute Gasteiger partial charge is 0.507 e. The van der Waals surface area contributed by atoms with Gasteiger partial charge in [0, 0.05) is 5.75 Å². The molecule has 0 radical (unpaired) electrons. The first-order valence-electron chi connectivity index (χ1n) is 8.02. The smallest absolute Gasteiger partial charge is 0.396 e. The van der Waals surface area contributed by atoms with Crippen molar-refractivity contribution in [3.63, 3.8) is 0 Å². The van der Waals surface area contributed by atoms with Crippen LogP contribution in [0.5, 0.6) is 5.75 Å². The molecule has 27 heavy (non-hydrogen) atoms. The molecule has 0 fully saturated rings. The predicted octanol–water partition coefficient (Wildman–Crippen LogP) is 1.49. The number of benzene rings is 1. The lowest BCUT2D eigenvalue weighted by molar-refractivity contribution is -0.149. The molecule has 5 N–H and O–H groups in total. The number of carbonyl (C=O) groups is 3. The van der Waals surface area contributed by atoms with E-state index in [1.807, 2.05) is 12.3 Å². The summed E-state index contributed by atoms with van der Waals surface area (Å²) < 4.78 is 0. The first-order chi connectivity index (χ1) is 12.8. The minimum absolute atomic E-state index is 0.0103. The lowest BCUT2D eigenvalue weighted by Gasteiger charge is -2.12. The van der Waals surface area contributed by atoms with Crippen LogP contribution in [0.2, 0.25) is 0 Å². The highest BCUT2D eigenvalue weighted by Gasteiger charge is 2.16. The van der Waals surface area contributed by atoms with E-state index in [9.17, 15) is 19.5 Å². The highest BCUT2D eigenvalue weighted by molar-refractivity contribution is 7.98. The Bertz CT molecular complexity index is 867. The molecule has 0 bridgehead atoms. The number of aromatic amines is 1. The van der Waals surface area contributed by atoms with Crippen LogP contribution in [0.3, 0.4) is 0 Å². The number of Topliss-reactive ketones (excluding diaryl/α,β-unsaturated/α-hetero) is 1. The molecule has 0 aliphatic rings. The SMILES string of the molecule is CCCc1c(CSc2n[nH]c(NNC(=O)C(=O)O)n2)ccc(C(C)=O)c1O. The molecule has 144 valence electrons. The van der Waals surface area contributed by atoms with E-state index in [1.54, 1.807) is 12.1 Å². The van der Waals surface area contributed by atoms with E-state index in [4.69, 9.17) is 5.11 Å². The van der Waals surface area contributed by atoms with Gasteiger partial charge in [0.05, 0.1) is 5.56 Å². The van der Waals surface area contributed by atoms with Gasteiger partial charge >= 0.3 is 11.9 Å². The number of H-pyrrole nitrogens is 1. The maximum absolute atomic E-state index is 11.6. The van der Waals surface area contributed by atoms with Crippen LogP contribution in [-0.2, 0) is 21.8 Å². The fraction of sp³-hybridized carbons (Fsp3) is 0.312. The third-order valence-corrected chi connectivity index (χ3v) is 4.47. The Morgan fingerprint density at radius 1 is 1.30 bits per heavy atom. The number of aliphatic carboxylic acids is 1. The summed E-state index contributed by atoms with van der Waals surface area (Å²) in [7, 11) is 0. The van der Waals surface area contributed by atoms with E-state index < -0.39 is 11.9 Å². The molecule has 1 aromatic heterocycles. The van der Waals surface area contributed by atoms with Crippen molar-refractivity contribution in [1.82, 2.24) is 20.6 Å². The molecule has 0 aliphatic carbocycles. The van der Waals surface area contributed by atoms with E-state index in [0.717, 1.165) is 17.5 Å². The highest BCUT2D eigenvalue weighted by Crippen LogP contribution is 2.31. The summed E-state index contributed by atoms with van der Waals surface area (Å²) in [4.78, 5) is 37.0. The molecule has 0 aliphatic heterocycles. The number of aromatic nitrogens is 3.